The van der Waals surface area contributed by atoms with Gasteiger partial charge >= 0.3 is 6.03 Å². The molecule has 1 unspecified atom stereocenters. The highest BCUT2D eigenvalue weighted by Crippen LogP contribution is 2.31. The molecule has 0 heterocycles. The predicted octanol–water partition coefficient (Wildman–Crippen LogP) is 1.77. The van der Waals surface area contributed by atoms with Crippen molar-refractivity contribution in [2.24, 2.45) is 0 Å². The minimum atomic E-state index is -1.88. The quantitative estimate of drug-likeness (QED) is 0.616. The molecule has 2 N–H and O–H groups in total. The predicted molar refractivity (Wildman–Crippen MR) is 70.4 cm³/mol. The number of nitrogens with one attached hydrogen (secondary N) is 1. The highest BCUT2D eigenvalue weighted by molar-refractivity contribution is 6.68. The summed E-state index contributed by atoms with van der Waals surface area (Å²) in [5.41, 5.74) is -0.906. The Bertz CT molecular complexity index is 320. The number of alkyl halides is 3. The number of hydrogen-bond donors (Lipinski definition) is 2. The Hall–Kier alpha value is -0.340. The van der Waals surface area contributed by atoms with Crippen LogP contribution < -0.4 is 5.32 Å². The highest BCUT2D eigenvalue weighted by Gasteiger charge is 2.37. The third kappa shape index (κ3) is 4.81. The van der Waals surface area contributed by atoms with Gasteiger partial charge in [-0.2, -0.15) is 0 Å². The number of rotatable bonds is 3. The summed E-state index contributed by atoms with van der Waals surface area (Å²) in [4.78, 5) is 12.9. The molecule has 0 spiro atoms. The third-order valence-corrected chi connectivity index (χ3v) is 2.98. The molecule has 7 heteroatoms. The molecule has 0 bridgehead atoms. The van der Waals surface area contributed by atoms with E-state index in [0.717, 1.165) is 0 Å². The number of nitrogens with zero attached hydrogens (tertiary/aromatic N) is 1. The van der Waals surface area contributed by atoms with E-state index in [4.69, 9.17) is 41.2 Å². The molecule has 17 heavy (non-hydrogen) atoms. The van der Waals surface area contributed by atoms with Crippen molar-refractivity contribution >= 4 is 40.8 Å². The molecule has 0 saturated heterocycles. The molecule has 0 fully saturated rings. The van der Waals surface area contributed by atoms with Crippen molar-refractivity contribution in [1.29, 1.82) is 0 Å². The van der Waals surface area contributed by atoms with Crippen molar-refractivity contribution in [3.8, 4) is 12.3 Å². The van der Waals surface area contributed by atoms with Gasteiger partial charge in [0.05, 0.1) is 12.1 Å². The Kier molecular flexibility index (Phi) is 5.89. The van der Waals surface area contributed by atoms with Gasteiger partial charge in [-0.3, -0.25) is 0 Å². The van der Waals surface area contributed by atoms with Gasteiger partial charge in [0.2, 0.25) is 3.79 Å². The third-order valence-electron chi connectivity index (χ3n) is 2.22. The number of amides is 2. The van der Waals surface area contributed by atoms with Crippen molar-refractivity contribution in [2.45, 2.75) is 29.3 Å². The van der Waals surface area contributed by atoms with Gasteiger partial charge in [0, 0.05) is 7.05 Å². The molecule has 4 nitrogen and oxygen atoms in total. The van der Waals surface area contributed by atoms with Crippen LogP contribution in [-0.2, 0) is 0 Å². The van der Waals surface area contributed by atoms with E-state index in [0.29, 0.717) is 0 Å². The van der Waals surface area contributed by atoms with Crippen LogP contribution >= 0.6 is 34.8 Å². The van der Waals surface area contributed by atoms with Gasteiger partial charge in [-0.25, -0.2) is 4.79 Å². The highest BCUT2D eigenvalue weighted by atomic mass is 35.6. The second-order valence-corrected chi connectivity index (χ2v) is 6.30. The van der Waals surface area contributed by atoms with Crippen molar-refractivity contribution in [3.05, 3.63) is 0 Å². The van der Waals surface area contributed by atoms with Crippen LogP contribution in [0, 0.1) is 12.3 Å². The number of hydrogen-bond acceptors (Lipinski definition) is 2. The first kappa shape index (κ1) is 16.7. The molecular formula is C10H15Cl3N2O2. The van der Waals surface area contributed by atoms with Crippen LogP contribution in [0.5, 0.6) is 0 Å². The lowest BCUT2D eigenvalue weighted by molar-refractivity contribution is 0.0947. The van der Waals surface area contributed by atoms with Crippen LogP contribution in [0.2, 0.25) is 0 Å². The van der Waals surface area contributed by atoms with Gasteiger partial charge in [0.25, 0.3) is 0 Å². The smallest absolute Gasteiger partial charge is 0.318 e. The lowest BCUT2D eigenvalue weighted by Crippen LogP contribution is -2.54. The second kappa shape index (κ2) is 6.01. The second-order valence-electron chi connectivity index (χ2n) is 3.93. The SMILES string of the molecule is C#CC(C)(C)N(CC(O)C(Cl)(Cl)Cl)C(=O)NC. The largest absolute Gasteiger partial charge is 0.387 e. The molecule has 1 atom stereocenters. The minimum absolute atomic E-state index is 0.187. The monoisotopic (exact) mass is 300 g/mol. The standard InChI is InChI=1S/C10H15Cl3N2O2/c1-5-9(2,3)15(8(17)14-4)6-7(16)10(11,12)13/h1,7,16H,6H2,2-4H3,(H,14,17). The summed E-state index contributed by atoms with van der Waals surface area (Å²) in [6.45, 7) is 3.11. The van der Waals surface area contributed by atoms with E-state index < -0.39 is 21.5 Å². The van der Waals surface area contributed by atoms with E-state index in [9.17, 15) is 9.90 Å². The van der Waals surface area contributed by atoms with Crippen molar-refractivity contribution in [3.63, 3.8) is 0 Å². The fraction of sp³-hybridized carbons (Fsp3) is 0.700. The first-order valence-electron chi connectivity index (χ1n) is 4.78. The molecule has 2 amide bonds. The Balaban J connectivity index is 5.00. The van der Waals surface area contributed by atoms with E-state index in [-0.39, 0.29) is 6.54 Å². The number of β-amino-alcohol motifs (C(OH)–C–C–N with tert-alkyl or cyclic N) is 1. The van der Waals surface area contributed by atoms with Gasteiger partial charge in [-0.15, -0.1) is 6.42 Å². The maximum Gasteiger partial charge on any atom is 0.318 e. The van der Waals surface area contributed by atoms with Gasteiger partial charge in [0.15, 0.2) is 0 Å². The molecule has 0 aliphatic carbocycles. The Labute approximate surface area is 116 Å². The van der Waals surface area contributed by atoms with Crippen LogP contribution in [0.1, 0.15) is 13.8 Å². The van der Waals surface area contributed by atoms with Crippen LogP contribution in [0.15, 0.2) is 0 Å². The Morgan fingerprint density at radius 2 is 2.00 bits per heavy atom. The number of terminal acetylenes is 1. The van der Waals surface area contributed by atoms with E-state index in [1.54, 1.807) is 13.8 Å². The normalized spacial score (nSPS) is 13.8. The molecule has 0 rings (SSSR count). The molecule has 0 saturated carbocycles. The van der Waals surface area contributed by atoms with Crippen LogP contribution in [0.4, 0.5) is 4.79 Å². The average Bonchev–Trinajstić information content (AvgIpc) is 2.22. The zero-order chi connectivity index (χ0) is 13.9. The fourth-order valence-electron chi connectivity index (χ4n) is 1.05. The van der Waals surface area contributed by atoms with Crippen molar-refractivity contribution < 1.29 is 9.90 Å². The molecular weight excluding hydrogens is 286 g/mol. The summed E-state index contributed by atoms with van der Waals surface area (Å²) < 4.78 is -1.88. The molecule has 0 aromatic rings. The fourth-order valence-corrected chi connectivity index (χ4v) is 1.26. The average molecular weight is 302 g/mol. The first-order valence-corrected chi connectivity index (χ1v) is 5.91. The lowest BCUT2D eigenvalue weighted by Gasteiger charge is -2.36. The van der Waals surface area contributed by atoms with Gasteiger partial charge in [-0.1, -0.05) is 40.7 Å². The molecule has 0 aromatic carbocycles. The molecule has 0 aliphatic heterocycles. The Morgan fingerprint density at radius 3 is 2.29 bits per heavy atom. The zero-order valence-corrected chi connectivity index (χ0v) is 12.1. The van der Waals surface area contributed by atoms with Crippen LogP contribution in [-0.4, -0.2) is 45.1 Å². The van der Waals surface area contributed by atoms with Crippen molar-refractivity contribution in [2.75, 3.05) is 13.6 Å². The van der Waals surface area contributed by atoms with E-state index in [2.05, 4.69) is 11.2 Å². The number of aliphatic hydroxyl groups is 1. The number of carbonyl (C=O) groups excluding carboxylic acids is 1. The summed E-state index contributed by atoms with van der Waals surface area (Å²) in [6, 6.07) is -0.457. The molecule has 0 aliphatic rings. The minimum Gasteiger partial charge on any atom is -0.387 e. The maximum absolute atomic E-state index is 11.7. The number of urea groups is 1. The van der Waals surface area contributed by atoms with Gasteiger partial charge < -0.3 is 15.3 Å². The van der Waals surface area contributed by atoms with Crippen molar-refractivity contribution in [1.82, 2.24) is 10.2 Å². The number of carbonyl (C=O) groups is 1. The van der Waals surface area contributed by atoms with E-state index in [1.807, 2.05) is 0 Å². The molecule has 0 radical (unpaired) electrons. The zero-order valence-electron chi connectivity index (χ0n) is 9.80. The van der Waals surface area contributed by atoms with Crippen LogP contribution in [0.25, 0.3) is 0 Å². The number of halogens is 3. The van der Waals surface area contributed by atoms with Gasteiger partial charge in [-0.05, 0) is 13.8 Å². The summed E-state index contributed by atoms with van der Waals surface area (Å²) >= 11 is 16.6. The Morgan fingerprint density at radius 1 is 1.53 bits per heavy atom. The molecule has 0 aromatic heterocycles. The summed E-state index contributed by atoms with van der Waals surface area (Å²) in [6.07, 6.45) is 4.00. The lowest BCUT2D eigenvalue weighted by atomic mass is 10.0. The van der Waals surface area contributed by atoms with Gasteiger partial charge in [0.1, 0.15) is 6.10 Å². The maximum atomic E-state index is 11.7. The van der Waals surface area contributed by atoms with Crippen LogP contribution in [0.3, 0.4) is 0 Å². The topological polar surface area (TPSA) is 52.6 Å². The molecule has 98 valence electrons. The summed E-state index contributed by atoms with van der Waals surface area (Å²) in [5.74, 6) is 2.44. The van der Waals surface area contributed by atoms with E-state index in [1.165, 1.54) is 11.9 Å². The van der Waals surface area contributed by atoms with E-state index >= 15 is 0 Å². The first-order chi connectivity index (χ1) is 7.56. The summed E-state index contributed by atoms with van der Waals surface area (Å²) in [7, 11) is 1.45. The number of aliphatic hydroxyl groups excluding tert-OH is 1. The summed E-state index contributed by atoms with van der Waals surface area (Å²) in [5, 5.41) is 12.1.